The summed E-state index contributed by atoms with van der Waals surface area (Å²) in [7, 11) is 4.16. The zero-order chi connectivity index (χ0) is 12.8. The summed E-state index contributed by atoms with van der Waals surface area (Å²) in [5.41, 5.74) is 0. The van der Waals surface area contributed by atoms with Crippen LogP contribution in [0.2, 0.25) is 0 Å². The highest BCUT2D eigenvalue weighted by Crippen LogP contribution is 2.23. The third-order valence-corrected chi connectivity index (χ3v) is 3.41. The van der Waals surface area contributed by atoms with Crippen LogP contribution in [0.1, 0.15) is 18.7 Å². The van der Waals surface area contributed by atoms with Gasteiger partial charge in [-0.2, -0.15) is 0 Å². The molecule has 98 valence electrons. The van der Waals surface area contributed by atoms with Crippen LogP contribution in [0.15, 0.2) is 6.20 Å². The molecule has 0 saturated carbocycles. The number of hydrogen-bond acceptors (Lipinski definition) is 5. The van der Waals surface area contributed by atoms with Crippen LogP contribution in [0.4, 0.5) is 5.13 Å². The van der Waals surface area contributed by atoms with Gasteiger partial charge in [0, 0.05) is 25.8 Å². The number of rotatable bonds is 7. The van der Waals surface area contributed by atoms with Crippen LogP contribution in [-0.4, -0.2) is 48.7 Å². The van der Waals surface area contributed by atoms with E-state index in [2.05, 4.69) is 42.7 Å². The Hall–Kier alpha value is -0.650. The molecule has 17 heavy (non-hydrogen) atoms. The molecule has 0 fully saturated rings. The lowest BCUT2D eigenvalue weighted by Gasteiger charge is -2.25. The minimum absolute atomic E-state index is 0.0842. The number of likely N-dealkylation sites (N-methyl/N-ethyl adjacent to an activating group) is 1. The summed E-state index contributed by atoms with van der Waals surface area (Å²) >= 11 is 1.58. The number of hydrogen-bond donors (Lipinski definition) is 1. The topological polar surface area (TPSA) is 39.6 Å². The second-order valence-corrected chi connectivity index (χ2v) is 6.00. The first-order valence-electron chi connectivity index (χ1n) is 5.98. The molecular weight excluding hydrogens is 234 g/mol. The van der Waals surface area contributed by atoms with Gasteiger partial charge >= 0.3 is 0 Å². The van der Waals surface area contributed by atoms with Crippen molar-refractivity contribution in [3.63, 3.8) is 0 Å². The molecule has 0 aromatic carbocycles. The van der Waals surface area contributed by atoms with Gasteiger partial charge in [-0.1, -0.05) is 25.2 Å². The molecule has 0 spiro atoms. The van der Waals surface area contributed by atoms with Crippen LogP contribution < -0.4 is 4.90 Å². The second kappa shape index (κ2) is 6.93. The Morgan fingerprint density at radius 1 is 1.35 bits per heavy atom. The average molecular weight is 257 g/mol. The van der Waals surface area contributed by atoms with Crippen molar-refractivity contribution in [1.82, 2.24) is 9.88 Å². The van der Waals surface area contributed by atoms with Crippen molar-refractivity contribution in [1.29, 1.82) is 0 Å². The molecular formula is C12H23N3OS. The first-order valence-corrected chi connectivity index (χ1v) is 6.79. The molecule has 0 aliphatic heterocycles. The van der Waals surface area contributed by atoms with E-state index in [9.17, 15) is 0 Å². The number of aliphatic hydroxyl groups excluding tert-OH is 1. The first kappa shape index (κ1) is 14.4. The summed E-state index contributed by atoms with van der Waals surface area (Å²) in [6.07, 6.45) is 1.77. The highest BCUT2D eigenvalue weighted by molar-refractivity contribution is 7.15. The average Bonchev–Trinajstić information content (AvgIpc) is 2.71. The number of thiazole rings is 1. The van der Waals surface area contributed by atoms with Crippen molar-refractivity contribution in [2.75, 3.05) is 38.6 Å². The van der Waals surface area contributed by atoms with Gasteiger partial charge in [-0.3, -0.25) is 0 Å². The standard InChI is InChI=1S/C12H23N3OS/c1-10(2)8-15(6-5-14(3)4)12-13-7-11(9-16)17-12/h7,10,16H,5-6,8-9H2,1-4H3. The van der Waals surface area contributed by atoms with E-state index in [1.807, 2.05) is 0 Å². The Bertz CT molecular complexity index is 325. The Balaban J connectivity index is 2.67. The molecule has 0 amide bonds. The van der Waals surface area contributed by atoms with E-state index < -0.39 is 0 Å². The van der Waals surface area contributed by atoms with Gasteiger partial charge in [0.1, 0.15) is 0 Å². The first-order chi connectivity index (χ1) is 8.02. The molecule has 1 aromatic heterocycles. The molecule has 0 atom stereocenters. The summed E-state index contributed by atoms with van der Waals surface area (Å²) in [5, 5.41) is 10.1. The summed E-state index contributed by atoms with van der Waals surface area (Å²) in [6.45, 7) is 7.50. The van der Waals surface area contributed by atoms with Crippen LogP contribution in [0.25, 0.3) is 0 Å². The Kier molecular flexibility index (Phi) is 5.88. The minimum atomic E-state index is 0.0842. The van der Waals surface area contributed by atoms with Gasteiger partial charge in [-0.25, -0.2) is 4.98 Å². The molecule has 0 aliphatic carbocycles. The zero-order valence-electron chi connectivity index (χ0n) is 11.2. The molecule has 0 aliphatic rings. The van der Waals surface area contributed by atoms with E-state index in [0.717, 1.165) is 29.6 Å². The van der Waals surface area contributed by atoms with E-state index in [0.29, 0.717) is 5.92 Å². The minimum Gasteiger partial charge on any atom is -0.391 e. The van der Waals surface area contributed by atoms with Gasteiger partial charge < -0.3 is 14.9 Å². The van der Waals surface area contributed by atoms with Gasteiger partial charge in [-0.15, -0.1) is 0 Å². The summed E-state index contributed by atoms with van der Waals surface area (Å²) in [5.74, 6) is 0.610. The maximum absolute atomic E-state index is 9.08. The van der Waals surface area contributed by atoms with Crippen molar-refractivity contribution in [3.8, 4) is 0 Å². The van der Waals surface area contributed by atoms with Gasteiger partial charge in [0.2, 0.25) is 0 Å². The fraction of sp³-hybridized carbons (Fsp3) is 0.750. The van der Waals surface area contributed by atoms with E-state index in [4.69, 9.17) is 5.11 Å². The van der Waals surface area contributed by atoms with Crippen molar-refractivity contribution in [2.24, 2.45) is 5.92 Å². The molecule has 1 N–H and O–H groups in total. The summed E-state index contributed by atoms with van der Waals surface area (Å²) in [6, 6.07) is 0. The lowest BCUT2D eigenvalue weighted by molar-refractivity contribution is 0.285. The summed E-state index contributed by atoms with van der Waals surface area (Å²) in [4.78, 5) is 9.79. The van der Waals surface area contributed by atoms with E-state index >= 15 is 0 Å². The van der Waals surface area contributed by atoms with Crippen molar-refractivity contribution in [2.45, 2.75) is 20.5 Å². The zero-order valence-corrected chi connectivity index (χ0v) is 12.0. The molecule has 0 radical (unpaired) electrons. The number of aliphatic hydroxyl groups is 1. The fourth-order valence-electron chi connectivity index (χ4n) is 1.54. The maximum atomic E-state index is 9.08. The van der Waals surface area contributed by atoms with Crippen LogP contribution in [0, 0.1) is 5.92 Å². The van der Waals surface area contributed by atoms with E-state index in [-0.39, 0.29) is 6.61 Å². The predicted octanol–water partition coefficient (Wildman–Crippen LogP) is 1.66. The smallest absolute Gasteiger partial charge is 0.185 e. The molecule has 0 bridgehead atoms. The van der Waals surface area contributed by atoms with Gasteiger partial charge in [0.05, 0.1) is 11.5 Å². The van der Waals surface area contributed by atoms with Crippen LogP contribution >= 0.6 is 11.3 Å². The number of anilines is 1. The van der Waals surface area contributed by atoms with Gasteiger partial charge in [0.15, 0.2) is 5.13 Å². The van der Waals surface area contributed by atoms with Crippen molar-refractivity contribution >= 4 is 16.5 Å². The third-order valence-electron chi connectivity index (χ3n) is 2.37. The number of nitrogens with zero attached hydrogens (tertiary/aromatic N) is 3. The predicted molar refractivity (Wildman–Crippen MR) is 73.6 cm³/mol. The van der Waals surface area contributed by atoms with Crippen LogP contribution in [-0.2, 0) is 6.61 Å². The largest absolute Gasteiger partial charge is 0.391 e. The monoisotopic (exact) mass is 257 g/mol. The Morgan fingerprint density at radius 2 is 2.06 bits per heavy atom. The maximum Gasteiger partial charge on any atom is 0.185 e. The van der Waals surface area contributed by atoms with E-state index in [1.165, 1.54) is 0 Å². The highest BCUT2D eigenvalue weighted by Gasteiger charge is 2.12. The highest BCUT2D eigenvalue weighted by atomic mass is 32.1. The normalized spacial score (nSPS) is 11.5. The summed E-state index contributed by atoms with van der Waals surface area (Å²) < 4.78 is 0. The Morgan fingerprint density at radius 3 is 2.53 bits per heavy atom. The quantitative estimate of drug-likeness (QED) is 0.806. The molecule has 4 nitrogen and oxygen atoms in total. The molecule has 0 saturated heterocycles. The Labute approximate surface area is 108 Å². The molecule has 0 unspecified atom stereocenters. The second-order valence-electron chi connectivity index (χ2n) is 4.91. The third kappa shape index (κ3) is 5.02. The molecule has 1 rings (SSSR count). The van der Waals surface area contributed by atoms with Crippen molar-refractivity contribution < 1.29 is 5.11 Å². The molecule has 5 heteroatoms. The molecule has 1 aromatic rings. The van der Waals surface area contributed by atoms with Gasteiger partial charge in [0.25, 0.3) is 0 Å². The molecule has 1 heterocycles. The van der Waals surface area contributed by atoms with Crippen molar-refractivity contribution in [3.05, 3.63) is 11.1 Å². The van der Waals surface area contributed by atoms with Gasteiger partial charge in [-0.05, 0) is 20.0 Å². The lowest BCUT2D eigenvalue weighted by atomic mass is 10.2. The van der Waals surface area contributed by atoms with E-state index in [1.54, 1.807) is 17.5 Å². The lowest BCUT2D eigenvalue weighted by Crippen LogP contribution is -2.34. The van der Waals surface area contributed by atoms with Crippen LogP contribution in [0.3, 0.4) is 0 Å². The number of aromatic nitrogens is 1. The van der Waals surface area contributed by atoms with Crippen LogP contribution in [0.5, 0.6) is 0 Å². The SMILES string of the molecule is CC(C)CN(CCN(C)C)c1ncc(CO)s1. The fourth-order valence-corrected chi connectivity index (χ4v) is 2.35.